The Morgan fingerprint density at radius 2 is 1.95 bits per heavy atom. The Bertz CT molecular complexity index is 524. The first-order chi connectivity index (χ1) is 9.99. The van der Waals surface area contributed by atoms with Crippen LogP contribution in [0, 0.1) is 6.92 Å². The maximum Gasteiger partial charge on any atom is 0.242 e. The number of carbonyl (C=O) groups is 2. The molecule has 0 aliphatic heterocycles. The Labute approximate surface area is 125 Å². The SMILES string of the molecule is Cc1ccccc1[C@H](C(=O)NCC(=O)NC1CC1)N(C)C. The van der Waals surface area contributed by atoms with Crippen LogP contribution in [-0.4, -0.2) is 43.4 Å². The molecule has 1 aliphatic rings. The molecule has 2 rings (SSSR count). The number of aryl methyl sites for hydroxylation is 1. The minimum Gasteiger partial charge on any atom is -0.352 e. The van der Waals surface area contributed by atoms with Crippen molar-refractivity contribution in [2.24, 2.45) is 0 Å². The van der Waals surface area contributed by atoms with Crippen LogP contribution in [0.15, 0.2) is 24.3 Å². The Kier molecular flexibility index (Phi) is 4.96. The molecule has 0 bridgehead atoms. The molecule has 0 radical (unpaired) electrons. The zero-order valence-electron chi connectivity index (χ0n) is 12.8. The van der Waals surface area contributed by atoms with Gasteiger partial charge < -0.3 is 10.6 Å². The topological polar surface area (TPSA) is 61.4 Å². The van der Waals surface area contributed by atoms with Crippen molar-refractivity contribution < 1.29 is 9.59 Å². The Hall–Kier alpha value is -1.88. The molecule has 0 aromatic heterocycles. The van der Waals surface area contributed by atoms with Gasteiger partial charge in [-0.2, -0.15) is 0 Å². The smallest absolute Gasteiger partial charge is 0.242 e. The van der Waals surface area contributed by atoms with Crippen molar-refractivity contribution in [2.75, 3.05) is 20.6 Å². The molecular weight excluding hydrogens is 266 g/mol. The lowest BCUT2D eigenvalue weighted by Gasteiger charge is -2.25. The van der Waals surface area contributed by atoms with Gasteiger partial charge in [0.1, 0.15) is 6.04 Å². The molecule has 114 valence electrons. The van der Waals surface area contributed by atoms with Crippen LogP contribution < -0.4 is 10.6 Å². The Morgan fingerprint density at radius 3 is 2.52 bits per heavy atom. The van der Waals surface area contributed by atoms with Crippen LogP contribution in [0.5, 0.6) is 0 Å². The van der Waals surface area contributed by atoms with Gasteiger partial charge in [0.05, 0.1) is 6.54 Å². The lowest BCUT2D eigenvalue weighted by Crippen LogP contribution is -2.42. The number of likely N-dealkylation sites (N-methyl/N-ethyl adjacent to an activating group) is 1. The van der Waals surface area contributed by atoms with Crippen LogP contribution in [-0.2, 0) is 9.59 Å². The average molecular weight is 289 g/mol. The molecule has 1 aliphatic carbocycles. The third kappa shape index (κ3) is 4.29. The second-order valence-corrected chi connectivity index (χ2v) is 5.78. The standard InChI is InChI=1S/C16H23N3O2/c1-11-6-4-5-7-13(11)15(19(2)3)16(21)17-10-14(20)18-12-8-9-12/h4-7,12,15H,8-10H2,1-3H3,(H,17,21)(H,18,20)/t15-/m1/s1. The first-order valence-electron chi connectivity index (χ1n) is 7.28. The second kappa shape index (κ2) is 6.72. The largest absolute Gasteiger partial charge is 0.352 e. The fourth-order valence-electron chi connectivity index (χ4n) is 2.32. The van der Waals surface area contributed by atoms with E-state index in [9.17, 15) is 9.59 Å². The number of carbonyl (C=O) groups excluding carboxylic acids is 2. The van der Waals surface area contributed by atoms with Crippen molar-refractivity contribution in [3.63, 3.8) is 0 Å². The zero-order valence-corrected chi connectivity index (χ0v) is 12.8. The maximum absolute atomic E-state index is 12.4. The van der Waals surface area contributed by atoms with E-state index in [1.165, 1.54) is 0 Å². The highest BCUT2D eigenvalue weighted by molar-refractivity contribution is 5.88. The van der Waals surface area contributed by atoms with Crippen molar-refractivity contribution in [1.29, 1.82) is 0 Å². The van der Waals surface area contributed by atoms with Crippen molar-refractivity contribution in [2.45, 2.75) is 31.8 Å². The summed E-state index contributed by atoms with van der Waals surface area (Å²) in [6, 6.07) is 7.73. The summed E-state index contributed by atoms with van der Waals surface area (Å²) in [6.45, 7) is 2.02. The molecule has 1 aromatic carbocycles. The second-order valence-electron chi connectivity index (χ2n) is 5.78. The van der Waals surface area contributed by atoms with Crippen molar-refractivity contribution in [1.82, 2.24) is 15.5 Å². The molecule has 1 fully saturated rings. The number of nitrogens with one attached hydrogen (secondary N) is 2. The van der Waals surface area contributed by atoms with Gasteiger partial charge in [0.25, 0.3) is 0 Å². The van der Waals surface area contributed by atoms with Crippen LogP contribution in [0.3, 0.4) is 0 Å². The van der Waals surface area contributed by atoms with Crippen molar-refractivity contribution in [3.05, 3.63) is 35.4 Å². The summed E-state index contributed by atoms with van der Waals surface area (Å²) in [4.78, 5) is 25.9. The molecule has 21 heavy (non-hydrogen) atoms. The van der Waals surface area contributed by atoms with Gasteiger partial charge in [0.2, 0.25) is 11.8 Å². The van der Waals surface area contributed by atoms with Crippen molar-refractivity contribution >= 4 is 11.8 Å². The highest BCUT2D eigenvalue weighted by atomic mass is 16.2. The quantitative estimate of drug-likeness (QED) is 0.821. The fourth-order valence-corrected chi connectivity index (χ4v) is 2.32. The van der Waals surface area contributed by atoms with E-state index in [1.54, 1.807) is 0 Å². The van der Waals surface area contributed by atoms with Crippen molar-refractivity contribution in [3.8, 4) is 0 Å². The summed E-state index contributed by atoms with van der Waals surface area (Å²) < 4.78 is 0. The fraction of sp³-hybridized carbons (Fsp3) is 0.500. The molecule has 0 heterocycles. The molecule has 0 saturated heterocycles. The molecule has 2 amide bonds. The number of amides is 2. The summed E-state index contributed by atoms with van der Waals surface area (Å²) in [7, 11) is 3.72. The number of benzene rings is 1. The predicted octanol–water partition coefficient (Wildman–Crippen LogP) is 0.993. The zero-order chi connectivity index (χ0) is 15.4. The van der Waals surface area contributed by atoms with E-state index in [4.69, 9.17) is 0 Å². The van der Waals surface area contributed by atoms with Gasteiger partial charge in [-0.1, -0.05) is 24.3 Å². The van der Waals surface area contributed by atoms with Gasteiger partial charge in [-0.3, -0.25) is 14.5 Å². The molecule has 1 saturated carbocycles. The monoisotopic (exact) mass is 289 g/mol. The minimum absolute atomic E-state index is 0.0333. The Morgan fingerprint density at radius 1 is 1.29 bits per heavy atom. The summed E-state index contributed by atoms with van der Waals surface area (Å²) in [5.41, 5.74) is 2.02. The van der Waals surface area contributed by atoms with Crippen LogP contribution in [0.4, 0.5) is 0 Å². The molecular formula is C16H23N3O2. The van der Waals surface area contributed by atoms with E-state index in [0.717, 1.165) is 24.0 Å². The van der Waals surface area contributed by atoms with Gasteiger partial charge >= 0.3 is 0 Å². The molecule has 2 N–H and O–H groups in total. The normalized spacial score (nSPS) is 15.6. The highest BCUT2D eigenvalue weighted by Crippen LogP contribution is 2.22. The van der Waals surface area contributed by atoms with E-state index in [-0.39, 0.29) is 24.4 Å². The number of rotatable bonds is 6. The minimum atomic E-state index is -0.389. The number of hydrogen-bond donors (Lipinski definition) is 2. The van der Waals surface area contributed by atoms with Gasteiger partial charge in [-0.25, -0.2) is 0 Å². The van der Waals surface area contributed by atoms with E-state index in [1.807, 2.05) is 50.2 Å². The first-order valence-corrected chi connectivity index (χ1v) is 7.28. The van der Waals surface area contributed by atoms with Crippen LogP contribution in [0.2, 0.25) is 0 Å². The molecule has 0 spiro atoms. The molecule has 1 atom stereocenters. The van der Waals surface area contributed by atoms with Gasteiger partial charge in [0, 0.05) is 6.04 Å². The van der Waals surface area contributed by atoms with E-state index < -0.39 is 0 Å². The third-order valence-electron chi connectivity index (χ3n) is 3.61. The number of nitrogens with zero attached hydrogens (tertiary/aromatic N) is 1. The van der Waals surface area contributed by atoms with Crippen LogP contribution >= 0.6 is 0 Å². The maximum atomic E-state index is 12.4. The van der Waals surface area contributed by atoms with E-state index in [2.05, 4.69) is 10.6 Å². The molecule has 5 nitrogen and oxygen atoms in total. The van der Waals surface area contributed by atoms with Gasteiger partial charge in [-0.05, 0) is 45.0 Å². The third-order valence-corrected chi connectivity index (χ3v) is 3.61. The van der Waals surface area contributed by atoms with Crippen LogP contribution in [0.25, 0.3) is 0 Å². The summed E-state index contributed by atoms with van der Waals surface area (Å²) in [6.07, 6.45) is 2.09. The highest BCUT2D eigenvalue weighted by Gasteiger charge is 2.26. The summed E-state index contributed by atoms with van der Waals surface area (Å²) in [5, 5.41) is 5.59. The van der Waals surface area contributed by atoms with Gasteiger partial charge in [-0.15, -0.1) is 0 Å². The van der Waals surface area contributed by atoms with E-state index >= 15 is 0 Å². The lowest BCUT2D eigenvalue weighted by molar-refractivity contribution is -0.129. The molecule has 0 unspecified atom stereocenters. The average Bonchev–Trinajstić information content (AvgIpc) is 3.22. The number of hydrogen-bond acceptors (Lipinski definition) is 3. The first kappa shape index (κ1) is 15.5. The molecule has 1 aromatic rings. The Balaban J connectivity index is 1.99. The van der Waals surface area contributed by atoms with E-state index in [0.29, 0.717) is 6.04 Å². The van der Waals surface area contributed by atoms with Crippen LogP contribution in [0.1, 0.15) is 30.0 Å². The summed E-state index contributed by atoms with van der Waals surface area (Å²) >= 11 is 0. The van der Waals surface area contributed by atoms with Gasteiger partial charge in [0.15, 0.2) is 0 Å². The molecule has 5 heteroatoms. The lowest BCUT2D eigenvalue weighted by atomic mass is 10.00. The summed E-state index contributed by atoms with van der Waals surface area (Å²) in [5.74, 6) is -0.270. The predicted molar refractivity (Wildman–Crippen MR) is 81.8 cm³/mol.